The summed E-state index contributed by atoms with van der Waals surface area (Å²) in [5.74, 6) is -0.710. The lowest BCUT2D eigenvalue weighted by Crippen LogP contribution is -2.52. The molecule has 0 bridgehead atoms. The molecule has 2 heterocycles. The lowest BCUT2D eigenvalue weighted by molar-refractivity contribution is -0.144. The first-order chi connectivity index (χ1) is 9.00. The first kappa shape index (κ1) is 14.3. The van der Waals surface area contributed by atoms with Gasteiger partial charge in [-0.1, -0.05) is 0 Å². The molecule has 0 radical (unpaired) electrons. The molecule has 1 N–H and O–H groups in total. The first-order valence-corrected chi connectivity index (χ1v) is 7.28. The van der Waals surface area contributed by atoms with E-state index < -0.39 is 12.0 Å². The molecular formula is C14H24N2O3. The third-order valence-corrected chi connectivity index (χ3v) is 4.47. The number of hydrogen-bond acceptors (Lipinski definition) is 3. The Balaban J connectivity index is 1.98. The molecule has 0 spiro atoms. The van der Waals surface area contributed by atoms with E-state index in [1.807, 2.05) is 9.80 Å². The molecule has 0 saturated carbocycles. The average molecular weight is 268 g/mol. The van der Waals surface area contributed by atoms with Crippen molar-refractivity contribution in [1.82, 2.24) is 9.80 Å². The van der Waals surface area contributed by atoms with E-state index in [1.54, 1.807) is 0 Å². The van der Waals surface area contributed by atoms with Gasteiger partial charge in [0.15, 0.2) is 0 Å². The van der Waals surface area contributed by atoms with E-state index in [-0.39, 0.29) is 24.5 Å². The van der Waals surface area contributed by atoms with Crippen LogP contribution in [0.3, 0.4) is 0 Å². The second-order valence-corrected chi connectivity index (χ2v) is 5.90. The molecule has 0 aromatic carbocycles. The molecule has 2 fully saturated rings. The summed E-state index contributed by atoms with van der Waals surface area (Å²) in [6, 6.07) is 0.0867. The van der Waals surface area contributed by atoms with Gasteiger partial charge >= 0.3 is 5.97 Å². The zero-order valence-corrected chi connectivity index (χ0v) is 11.8. The van der Waals surface area contributed by atoms with Crippen LogP contribution in [0.5, 0.6) is 0 Å². The van der Waals surface area contributed by atoms with Gasteiger partial charge in [0.05, 0.1) is 6.54 Å². The summed E-state index contributed by atoms with van der Waals surface area (Å²) in [7, 11) is 0. The van der Waals surface area contributed by atoms with Crippen molar-refractivity contribution in [3.8, 4) is 0 Å². The SMILES string of the molecule is CC1CCCC(C)N1C(=O)CN1CCC[C@H]1C(=O)O. The number of carbonyl (C=O) groups is 2. The summed E-state index contributed by atoms with van der Waals surface area (Å²) >= 11 is 0. The standard InChI is InChI=1S/C14H24N2O3/c1-10-5-3-6-11(2)16(10)13(17)9-15-8-4-7-12(15)14(18)19/h10-12H,3-9H2,1-2H3,(H,18,19)/t10?,11?,12-/m0/s1. The van der Waals surface area contributed by atoms with Crippen LogP contribution in [0.25, 0.3) is 0 Å². The fourth-order valence-corrected chi connectivity index (χ4v) is 3.46. The number of nitrogens with zero attached hydrogens (tertiary/aromatic N) is 2. The average Bonchev–Trinajstić information content (AvgIpc) is 2.76. The highest BCUT2D eigenvalue weighted by atomic mass is 16.4. The van der Waals surface area contributed by atoms with Crippen molar-refractivity contribution < 1.29 is 14.7 Å². The van der Waals surface area contributed by atoms with Crippen LogP contribution >= 0.6 is 0 Å². The number of piperidine rings is 1. The van der Waals surface area contributed by atoms with Crippen molar-refractivity contribution in [2.24, 2.45) is 0 Å². The molecule has 2 aliphatic rings. The largest absolute Gasteiger partial charge is 0.480 e. The maximum Gasteiger partial charge on any atom is 0.320 e. The number of aliphatic carboxylic acids is 1. The van der Waals surface area contributed by atoms with Crippen LogP contribution in [0.4, 0.5) is 0 Å². The van der Waals surface area contributed by atoms with Gasteiger partial charge in [-0.2, -0.15) is 0 Å². The number of carboxylic acids is 1. The van der Waals surface area contributed by atoms with Crippen molar-refractivity contribution in [2.45, 2.75) is 64.1 Å². The van der Waals surface area contributed by atoms with Gasteiger partial charge in [-0.05, 0) is 52.5 Å². The molecule has 19 heavy (non-hydrogen) atoms. The second-order valence-electron chi connectivity index (χ2n) is 5.90. The number of carboxylic acid groups (broad SMARTS) is 1. The third kappa shape index (κ3) is 3.08. The predicted molar refractivity (Wildman–Crippen MR) is 71.9 cm³/mol. The Morgan fingerprint density at radius 2 is 1.74 bits per heavy atom. The third-order valence-electron chi connectivity index (χ3n) is 4.47. The molecule has 2 rings (SSSR count). The van der Waals surface area contributed by atoms with Gasteiger partial charge in [0.1, 0.15) is 6.04 Å². The molecule has 108 valence electrons. The fraction of sp³-hybridized carbons (Fsp3) is 0.857. The minimum absolute atomic E-state index is 0.0906. The maximum atomic E-state index is 12.4. The number of rotatable bonds is 3. The Labute approximate surface area is 114 Å². The number of carbonyl (C=O) groups excluding carboxylic acids is 1. The van der Waals surface area contributed by atoms with E-state index in [1.165, 1.54) is 6.42 Å². The molecule has 2 unspecified atom stereocenters. The summed E-state index contributed by atoms with van der Waals surface area (Å²) in [5.41, 5.74) is 0. The van der Waals surface area contributed by atoms with E-state index in [2.05, 4.69) is 13.8 Å². The second kappa shape index (κ2) is 5.90. The lowest BCUT2D eigenvalue weighted by atomic mass is 9.97. The van der Waals surface area contributed by atoms with Crippen molar-refractivity contribution in [1.29, 1.82) is 0 Å². The van der Waals surface area contributed by atoms with Crippen LogP contribution in [0, 0.1) is 0 Å². The molecule has 0 aliphatic carbocycles. The molecule has 0 aromatic heterocycles. The minimum atomic E-state index is -0.801. The number of hydrogen-bond donors (Lipinski definition) is 1. The summed E-state index contributed by atoms with van der Waals surface area (Å²) in [6.45, 7) is 5.16. The highest BCUT2D eigenvalue weighted by Crippen LogP contribution is 2.24. The first-order valence-electron chi connectivity index (χ1n) is 7.28. The van der Waals surface area contributed by atoms with E-state index in [0.29, 0.717) is 6.42 Å². The monoisotopic (exact) mass is 268 g/mol. The van der Waals surface area contributed by atoms with Crippen LogP contribution < -0.4 is 0 Å². The van der Waals surface area contributed by atoms with Crippen LogP contribution in [-0.4, -0.2) is 58.0 Å². The lowest BCUT2D eigenvalue weighted by Gasteiger charge is -2.40. The van der Waals surface area contributed by atoms with Crippen molar-refractivity contribution in [3.63, 3.8) is 0 Å². The highest BCUT2D eigenvalue weighted by Gasteiger charge is 2.35. The summed E-state index contributed by atoms with van der Waals surface area (Å²) in [6.07, 6.45) is 4.81. The van der Waals surface area contributed by atoms with Crippen molar-refractivity contribution in [2.75, 3.05) is 13.1 Å². The Bertz CT molecular complexity index is 349. The molecule has 3 atom stereocenters. The zero-order chi connectivity index (χ0) is 14.0. The molecule has 0 aromatic rings. The van der Waals surface area contributed by atoms with Crippen molar-refractivity contribution in [3.05, 3.63) is 0 Å². The van der Waals surface area contributed by atoms with Crippen molar-refractivity contribution >= 4 is 11.9 Å². The molecular weight excluding hydrogens is 244 g/mol. The number of amides is 1. The molecule has 1 amide bonds. The maximum absolute atomic E-state index is 12.4. The van der Waals surface area contributed by atoms with Gasteiger partial charge in [-0.15, -0.1) is 0 Å². The fourth-order valence-electron chi connectivity index (χ4n) is 3.46. The Morgan fingerprint density at radius 1 is 1.11 bits per heavy atom. The van der Waals surface area contributed by atoms with Crippen LogP contribution in [-0.2, 0) is 9.59 Å². The van der Waals surface area contributed by atoms with Gasteiger partial charge in [-0.3, -0.25) is 14.5 Å². The van der Waals surface area contributed by atoms with Crippen LogP contribution in [0.2, 0.25) is 0 Å². The van der Waals surface area contributed by atoms with Gasteiger partial charge < -0.3 is 10.0 Å². The Morgan fingerprint density at radius 3 is 2.32 bits per heavy atom. The van der Waals surface area contributed by atoms with E-state index in [9.17, 15) is 9.59 Å². The molecule has 2 saturated heterocycles. The summed E-state index contributed by atoms with van der Waals surface area (Å²) in [5, 5.41) is 9.14. The quantitative estimate of drug-likeness (QED) is 0.838. The van der Waals surface area contributed by atoms with Gasteiger partial charge in [-0.25, -0.2) is 0 Å². The van der Waals surface area contributed by atoms with E-state index >= 15 is 0 Å². The van der Waals surface area contributed by atoms with Gasteiger partial charge in [0.25, 0.3) is 0 Å². The normalized spacial score (nSPS) is 32.5. The number of likely N-dealkylation sites (tertiary alicyclic amines) is 2. The topological polar surface area (TPSA) is 60.9 Å². The Kier molecular flexibility index (Phi) is 4.45. The van der Waals surface area contributed by atoms with Crippen LogP contribution in [0.15, 0.2) is 0 Å². The highest BCUT2D eigenvalue weighted by molar-refractivity contribution is 5.81. The molecule has 5 heteroatoms. The smallest absolute Gasteiger partial charge is 0.320 e. The van der Waals surface area contributed by atoms with E-state index in [0.717, 1.165) is 25.8 Å². The minimum Gasteiger partial charge on any atom is -0.480 e. The van der Waals surface area contributed by atoms with Crippen LogP contribution in [0.1, 0.15) is 46.0 Å². The van der Waals surface area contributed by atoms with E-state index in [4.69, 9.17) is 5.11 Å². The summed E-state index contributed by atoms with van der Waals surface area (Å²) < 4.78 is 0. The van der Waals surface area contributed by atoms with Gasteiger partial charge in [0.2, 0.25) is 5.91 Å². The molecule has 2 aliphatic heterocycles. The molecule has 5 nitrogen and oxygen atoms in total. The Hall–Kier alpha value is -1.10. The summed E-state index contributed by atoms with van der Waals surface area (Å²) in [4.78, 5) is 27.3. The predicted octanol–water partition coefficient (Wildman–Crippen LogP) is 1.32. The zero-order valence-electron chi connectivity index (χ0n) is 11.8. The van der Waals surface area contributed by atoms with Gasteiger partial charge in [0, 0.05) is 12.1 Å².